The number of hydrogen-bond acceptors (Lipinski definition) is 4. The molecule has 5 rings (SSSR count). The molecule has 1 amide bonds. The van der Waals surface area contributed by atoms with E-state index in [-0.39, 0.29) is 17.9 Å². The average Bonchev–Trinajstić information content (AvgIpc) is 3.22. The molecule has 2 N–H and O–H groups in total. The number of rotatable bonds is 4. The Bertz CT molecular complexity index is 1290. The summed E-state index contributed by atoms with van der Waals surface area (Å²) in [6.45, 7) is 1.98. The van der Waals surface area contributed by atoms with Gasteiger partial charge in [-0.05, 0) is 48.4 Å². The molecule has 0 radical (unpaired) electrons. The van der Waals surface area contributed by atoms with Crippen molar-refractivity contribution in [3.8, 4) is 0 Å². The SMILES string of the molecule is Cc1ccc(C(=O)Nc2nc3n(n2)[C@H](c2ccccc2)C=C(c2ccc(Cl)cc2)N3)cc1. The molecule has 0 spiro atoms. The predicted octanol–water partition coefficient (Wildman–Crippen LogP) is 5.55. The molecule has 0 saturated carbocycles. The first-order valence-electron chi connectivity index (χ1n) is 10.2. The Morgan fingerprint density at radius 2 is 1.72 bits per heavy atom. The lowest BCUT2D eigenvalue weighted by atomic mass is 10.0. The van der Waals surface area contributed by atoms with E-state index in [1.807, 2.05) is 73.7 Å². The monoisotopic (exact) mass is 441 g/mol. The summed E-state index contributed by atoms with van der Waals surface area (Å²) < 4.78 is 1.78. The molecule has 2 heterocycles. The number of anilines is 2. The van der Waals surface area contributed by atoms with Crippen molar-refractivity contribution in [1.82, 2.24) is 14.8 Å². The molecule has 158 valence electrons. The Balaban J connectivity index is 1.49. The molecule has 0 fully saturated rings. The van der Waals surface area contributed by atoms with E-state index in [1.165, 1.54) is 0 Å². The summed E-state index contributed by atoms with van der Waals surface area (Å²) in [6, 6.07) is 24.8. The third-order valence-electron chi connectivity index (χ3n) is 5.30. The maximum absolute atomic E-state index is 12.7. The van der Waals surface area contributed by atoms with Crippen molar-refractivity contribution in [2.24, 2.45) is 0 Å². The Morgan fingerprint density at radius 3 is 2.44 bits per heavy atom. The number of aryl methyl sites for hydroxylation is 1. The molecule has 1 aromatic heterocycles. The van der Waals surface area contributed by atoms with Gasteiger partial charge in [0.1, 0.15) is 6.04 Å². The maximum atomic E-state index is 12.7. The summed E-state index contributed by atoms with van der Waals surface area (Å²) in [5.74, 6) is 0.533. The van der Waals surface area contributed by atoms with Crippen molar-refractivity contribution in [3.05, 3.63) is 112 Å². The lowest BCUT2D eigenvalue weighted by molar-refractivity contribution is 0.102. The molecular formula is C25H20ClN5O. The molecule has 4 aromatic rings. The molecule has 0 saturated heterocycles. The van der Waals surface area contributed by atoms with E-state index in [4.69, 9.17) is 11.6 Å². The zero-order valence-electron chi connectivity index (χ0n) is 17.3. The Hall–Kier alpha value is -3.90. The lowest BCUT2D eigenvalue weighted by Gasteiger charge is -2.24. The number of nitrogens with zero attached hydrogens (tertiary/aromatic N) is 3. The van der Waals surface area contributed by atoms with Crippen LogP contribution in [0, 0.1) is 6.92 Å². The fraction of sp³-hybridized carbons (Fsp3) is 0.0800. The van der Waals surface area contributed by atoms with Gasteiger partial charge in [0.15, 0.2) is 0 Å². The second-order valence-electron chi connectivity index (χ2n) is 7.59. The second-order valence-corrected chi connectivity index (χ2v) is 8.03. The first kappa shape index (κ1) is 20.0. The summed E-state index contributed by atoms with van der Waals surface area (Å²) in [5.41, 5.74) is 4.58. The molecule has 1 aliphatic rings. The van der Waals surface area contributed by atoms with Crippen molar-refractivity contribution < 1.29 is 4.79 Å². The molecule has 1 atom stereocenters. The Kier molecular flexibility index (Phi) is 5.21. The fourth-order valence-electron chi connectivity index (χ4n) is 3.61. The highest BCUT2D eigenvalue weighted by Gasteiger charge is 2.25. The number of allylic oxidation sites excluding steroid dienone is 1. The van der Waals surface area contributed by atoms with Crippen LogP contribution in [0.3, 0.4) is 0 Å². The molecule has 6 nitrogen and oxygen atoms in total. The minimum Gasteiger partial charge on any atom is -0.324 e. The smallest absolute Gasteiger partial charge is 0.258 e. The van der Waals surface area contributed by atoms with Crippen molar-refractivity contribution in [3.63, 3.8) is 0 Å². The van der Waals surface area contributed by atoms with Gasteiger partial charge in [-0.15, -0.1) is 5.10 Å². The van der Waals surface area contributed by atoms with Crippen LogP contribution in [0.4, 0.5) is 11.9 Å². The number of hydrogen-bond donors (Lipinski definition) is 2. The van der Waals surface area contributed by atoms with Gasteiger partial charge in [0.05, 0.1) is 0 Å². The van der Waals surface area contributed by atoms with Crippen molar-refractivity contribution >= 4 is 35.1 Å². The first-order chi connectivity index (χ1) is 15.6. The number of nitrogens with one attached hydrogen (secondary N) is 2. The number of fused-ring (bicyclic) bond motifs is 1. The van der Waals surface area contributed by atoms with Gasteiger partial charge in [0, 0.05) is 16.3 Å². The summed E-state index contributed by atoms with van der Waals surface area (Å²) in [5, 5.41) is 11.4. The normalized spacial score (nSPS) is 14.8. The van der Waals surface area contributed by atoms with Crippen LogP contribution in [0.5, 0.6) is 0 Å². The first-order valence-corrected chi connectivity index (χ1v) is 10.6. The highest BCUT2D eigenvalue weighted by atomic mass is 35.5. The highest BCUT2D eigenvalue weighted by Crippen LogP contribution is 2.33. The topological polar surface area (TPSA) is 71.8 Å². The molecule has 0 unspecified atom stereocenters. The van der Waals surface area contributed by atoms with Crippen molar-refractivity contribution in [2.75, 3.05) is 10.6 Å². The van der Waals surface area contributed by atoms with E-state index >= 15 is 0 Å². The summed E-state index contributed by atoms with van der Waals surface area (Å²) in [4.78, 5) is 17.2. The number of benzene rings is 3. The van der Waals surface area contributed by atoms with Gasteiger partial charge in [-0.1, -0.05) is 71.8 Å². The van der Waals surface area contributed by atoms with Gasteiger partial charge < -0.3 is 5.32 Å². The van der Waals surface area contributed by atoms with Crippen LogP contribution in [-0.2, 0) is 0 Å². The van der Waals surface area contributed by atoms with Gasteiger partial charge in [0.2, 0.25) is 5.95 Å². The number of carbonyl (C=O) groups is 1. The van der Waals surface area contributed by atoms with Crippen molar-refractivity contribution in [1.29, 1.82) is 0 Å². The van der Waals surface area contributed by atoms with Crippen LogP contribution in [0.1, 0.15) is 33.1 Å². The van der Waals surface area contributed by atoms with Crippen LogP contribution in [0.2, 0.25) is 5.02 Å². The van der Waals surface area contributed by atoms with E-state index < -0.39 is 0 Å². The molecule has 3 aromatic carbocycles. The third kappa shape index (κ3) is 4.00. The van der Waals surface area contributed by atoms with Gasteiger partial charge in [-0.3, -0.25) is 10.1 Å². The zero-order valence-corrected chi connectivity index (χ0v) is 18.0. The number of amides is 1. The number of aromatic nitrogens is 3. The van der Waals surface area contributed by atoms with E-state index in [0.717, 1.165) is 22.4 Å². The molecule has 32 heavy (non-hydrogen) atoms. The Morgan fingerprint density at radius 1 is 1.00 bits per heavy atom. The number of carbonyl (C=O) groups excluding carboxylic acids is 1. The van der Waals surface area contributed by atoms with E-state index in [0.29, 0.717) is 16.5 Å². The summed E-state index contributed by atoms with van der Waals surface area (Å²) in [7, 11) is 0. The van der Waals surface area contributed by atoms with Crippen molar-refractivity contribution in [2.45, 2.75) is 13.0 Å². The van der Waals surface area contributed by atoms with E-state index in [2.05, 4.69) is 26.8 Å². The van der Waals surface area contributed by atoms with Crippen LogP contribution in [0.15, 0.2) is 84.9 Å². The molecular weight excluding hydrogens is 422 g/mol. The molecule has 0 bridgehead atoms. The average molecular weight is 442 g/mol. The third-order valence-corrected chi connectivity index (χ3v) is 5.55. The van der Waals surface area contributed by atoms with Gasteiger partial charge in [0.25, 0.3) is 11.9 Å². The van der Waals surface area contributed by atoms with Crippen LogP contribution in [0.25, 0.3) is 5.70 Å². The zero-order chi connectivity index (χ0) is 22.1. The quantitative estimate of drug-likeness (QED) is 0.435. The lowest BCUT2D eigenvalue weighted by Crippen LogP contribution is -2.20. The maximum Gasteiger partial charge on any atom is 0.258 e. The second kappa shape index (κ2) is 8.32. The standard InChI is InChI=1S/C25H20ClN5O/c1-16-7-9-19(10-8-16)23(32)28-24-29-25-27-21(17-11-13-20(26)14-12-17)15-22(31(25)30-24)18-5-3-2-4-6-18/h2-15,22H,1H3,(H2,27,28,29,30,32)/t22-/m0/s1. The fourth-order valence-corrected chi connectivity index (χ4v) is 3.74. The van der Waals surface area contributed by atoms with Crippen LogP contribution in [-0.4, -0.2) is 20.7 Å². The molecule has 1 aliphatic heterocycles. The summed E-state index contributed by atoms with van der Waals surface area (Å²) >= 11 is 6.06. The van der Waals surface area contributed by atoms with Crippen LogP contribution >= 0.6 is 11.6 Å². The molecule has 7 heteroatoms. The van der Waals surface area contributed by atoms with Crippen LogP contribution < -0.4 is 10.6 Å². The number of halogens is 1. The minimum absolute atomic E-state index is 0.185. The minimum atomic E-state index is -0.255. The predicted molar refractivity (Wildman–Crippen MR) is 127 cm³/mol. The summed E-state index contributed by atoms with van der Waals surface area (Å²) in [6.07, 6.45) is 2.09. The van der Waals surface area contributed by atoms with E-state index in [9.17, 15) is 4.79 Å². The van der Waals surface area contributed by atoms with Gasteiger partial charge in [-0.25, -0.2) is 4.68 Å². The van der Waals surface area contributed by atoms with Gasteiger partial charge in [-0.2, -0.15) is 4.98 Å². The largest absolute Gasteiger partial charge is 0.324 e. The van der Waals surface area contributed by atoms with E-state index in [1.54, 1.807) is 16.8 Å². The molecule has 0 aliphatic carbocycles. The van der Waals surface area contributed by atoms with Gasteiger partial charge >= 0.3 is 0 Å². The Labute approximate surface area is 190 Å². The highest BCUT2D eigenvalue weighted by molar-refractivity contribution is 6.30.